The Morgan fingerprint density at radius 3 is 1.68 bits per heavy atom. The van der Waals surface area contributed by atoms with Crippen LogP contribution >= 0.6 is 0 Å². The molecule has 13 aromatic rings. The zero-order valence-electron chi connectivity index (χ0n) is 36.9. The van der Waals surface area contributed by atoms with Crippen LogP contribution in [0.1, 0.15) is 11.1 Å². The average Bonchev–Trinajstić information content (AvgIpc) is 4.25. The molecule has 9 aromatic carbocycles. The highest BCUT2D eigenvalue weighted by atomic mass is 16.6. The van der Waals surface area contributed by atoms with Crippen LogP contribution < -0.4 is 0 Å². The second kappa shape index (κ2) is 17.0. The van der Waals surface area contributed by atoms with E-state index in [4.69, 9.17) is 0 Å². The number of hydrogen-bond donors (Lipinski definition) is 1. The number of para-hydroxylation sites is 5. The number of H-pyrrole nitrogens is 1. The first-order valence-corrected chi connectivity index (χ1v) is 22.8. The maximum atomic E-state index is 11.2. The molecule has 0 aliphatic heterocycles. The zero-order valence-corrected chi connectivity index (χ0v) is 36.9. The minimum Gasteiger partial charge on any atom is -0.354 e. The smallest absolute Gasteiger partial charge is 0.277 e. The molecule has 324 valence electrons. The van der Waals surface area contributed by atoms with Crippen LogP contribution in [0.4, 0.5) is 5.69 Å². The average molecular weight is 878 g/mol. The summed E-state index contributed by atoms with van der Waals surface area (Å²) in [7, 11) is 0. The van der Waals surface area contributed by atoms with Crippen molar-refractivity contribution in [3.05, 3.63) is 264 Å². The quantitative estimate of drug-likeness (QED) is 0.138. The fraction of sp³-hybridized carbons (Fsp3) is 0.0164. The van der Waals surface area contributed by atoms with Gasteiger partial charge in [0.2, 0.25) is 0 Å². The Hall–Kier alpha value is -9.20. The van der Waals surface area contributed by atoms with Gasteiger partial charge >= 0.3 is 0 Å². The van der Waals surface area contributed by atoms with Gasteiger partial charge in [0.15, 0.2) is 0 Å². The molecule has 4 heterocycles. The molecule has 0 spiro atoms. The first kappa shape index (κ1) is 40.3. The molecule has 0 fully saturated rings. The normalized spacial score (nSPS) is 11.6. The van der Waals surface area contributed by atoms with Crippen molar-refractivity contribution in [2.24, 2.45) is 0 Å². The van der Waals surface area contributed by atoms with E-state index >= 15 is 0 Å². The third-order valence-corrected chi connectivity index (χ3v) is 13.2. The molecule has 1 aliphatic carbocycles. The van der Waals surface area contributed by atoms with Gasteiger partial charge in [0.25, 0.3) is 5.69 Å². The fourth-order valence-electron chi connectivity index (χ4n) is 9.93. The molecule has 0 amide bonds. The van der Waals surface area contributed by atoms with Gasteiger partial charge in [-0.25, -0.2) is 0 Å². The lowest BCUT2D eigenvalue weighted by molar-refractivity contribution is -0.384. The second-order valence-corrected chi connectivity index (χ2v) is 17.1. The standard InChI is InChI=1S/C21H15N.C20H14N2O2.C20H14N2/c1-2-7-18(8-3-1)22-11-10-16-13-20-17(14-21(16)22)12-15-6-4-5-9-19(15)20;23-22(24)20-9-5-4-8-18(20)15-10-11-19-16(14-15)12-13-21(19)17-6-2-1-3-7-17;1-2-6-14(7-3-1)22-13-12-17-19(22)11-10-16-15-8-4-5-9-18(15)21-20(16)17/h1-11,13-14H,12H2;1-14H;1-13,21H. The monoisotopic (exact) mass is 877 g/mol. The Balaban J connectivity index is 0.000000106. The Labute approximate surface area is 392 Å². The van der Waals surface area contributed by atoms with Crippen LogP contribution in [-0.2, 0) is 6.42 Å². The van der Waals surface area contributed by atoms with Gasteiger partial charge < -0.3 is 18.7 Å². The van der Waals surface area contributed by atoms with Crippen LogP contribution in [0.5, 0.6) is 0 Å². The van der Waals surface area contributed by atoms with Gasteiger partial charge in [0.05, 0.1) is 32.6 Å². The van der Waals surface area contributed by atoms with E-state index in [2.05, 4.69) is 183 Å². The Morgan fingerprint density at radius 1 is 0.412 bits per heavy atom. The van der Waals surface area contributed by atoms with Crippen molar-refractivity contribution >= 4 is 60.2 Å². The summed E-state index contributed by atoms with van der Waals surface area (Å²) in [4.78, 5) is 14.5. The molecular formula is C61H43N5O2. The van der Waals surface area contributed by atoms with Gasteiger partial charge in [-0.3, -0.25) is 10.1 Å². The summed E-state index contributed by atoms with van der Waals surface area (Å²) in [5.74, 6) is 0. The molecule has 0 saturated carbocycles. The molecule has 7 nitrogen and oxygen atoms in total. The molecule has 1 N–H and O–H groups in total. The SMILES string of the molecule is O=[N+]([O-])c1ccccc1-c1ccc2c(ccn2-c2ccccc2)c1.c1ccc(-n2ccc3c4[nH]c5ccccc5c4ccc32)cc1.c1ccc(-n2ccc3cc4c(cc32)Cc2ccccc2-4)cc1. The Morgan fingerprint density at radius 2 is 0.971 bits per heavy atom. The highest BCUT2D eigenvalue weighted by Crippen LogP contribution is 2.40. The Bertz CT molecular complexity index is 3970. The number of fused-ring (bicyclic) bond motifs is 10. The predicted octanol–water partition coefficient (Wildman–Crippen LogP) is 15.7. The summed E-state index contributed by atoms with van der Waals surface area (Å²) >= 11 is 0. The van der Waals surface area contributed by atoms with E-state index in [1.165, 1.54) is 83.3 Å². The first-order chi connectivity index (χ1) is 33.6. The molecule has 0 saturated heterocycles. The fourth-order valence-corrected chi connectivity index (χ4v) is 9.93. The number of nitro groups is 1. The van der Waals surface area contributed by atoms with E-state index in [1.54, 1.807) is 12.1 Å². The first-order valence-electron chi connectivity index (χ1n) is 22.8. The minimum atomic E-state index is -0.339. The third kappa shape index (κ3) is 7.19. The Kier molecular flexibility index (Phi) is 10.1. The van der Waals surface area contributed by atoms with E-state index in [-0.39, 0.29) is 10.6 Å². The maximum Gasteiger partial charge on any atom is 0.277 e. The molecule has 14 rings (SSSR count). The molecule has 0 unspecified atom stereocenters. The molecule has 4 aromatic heterocycles. The van der Waals surface area contributed by atoms with Crippen LogP contribution in [0.15, 0.2) is 243 Å². The molecule has 68 heavy (non-hydrogen) atoms. The van der Waals surface area contributed by atoms with Gasteiger partial charge in [0.1, 0.15) is 0 Å². The van der Waals surface area contributed by atoms with Crippen molar-refractivity contribution in [1.82, 2.24) is 18.7 Å². The number of nitrogens with zero attached hydrogens (tertiary/aromatic N) is 4. The van der Waals surface area contributed by atoms with E-state index in [9.17, 15) is 10.1 Å². The van der Waals surface area contributed by atoms with Crippen LogP contribution in [0.3, 0.4) is 0 Å². The van der Waals surface area contributed by atoms with Gasteiger partial charge in [-0.2, -0.15) is 0 Å². The van der Waals surface area contributed by atoms with E-state index < -0.39 is 0 Å². The number of benzene rings is 9. The van der Waals surface area contributed by atoms with Crippen LogP contribution in [0.2, 0.25) is 0 Å². The number of nitrogens with one attached hydrogen (secondary N) is 1. The number of rotatable bonds is 5. The van der Waals surface area contributed by atoms with Crippen LogP contribution in [0, 0.1) is 10.1 Å². The third-order valence-electron chi connectivity index (χ3n) is 13.2. The van der Waals surface area contributed by atoms with E-state index in [0.29, 0.717) is 5.56 Å². The lowest BCUT2D eigenvalue weighted by atomic mass is 10.0. The molecule has 7 heteroatoms. The summed E-state index contributed by atoms with van der Waals surface area (Å²) in [6, 6.07) is 76.7. The zero-order chi connectivity index (χ0) is 45.6. The van der Waals surface area contributed by atoms with E-state index in [0.717, 1.165) is 28.6 Å². The van der Waals surface area contributed by atoms with Gasteiger partial charge in [-0.05, 0) is 131 Å². The van der Waals surface area contributed by atoms with Crippen molar-refractivity contribution in [1.29, 1.82) is 0 Å². The van der Waals surface area contributed by atoms with Crippen molar-refractivity contribution in [2.45, 2.75) is 6.42 Å². The van der Waals surface area contributed by atoms with Crippen molar-refractivity contribution in [3.8, 4) is 39.3 Å². The molecular weight excluding hydrogens is 835 g/mol. The van der Waals surface area contributed by atoms with Crippen molar-refractivity contribution < 1.29 is 4.92 Å². The number of nitro benzene ring substituents is 1. The summed E-state index contributed by atoms with van der Waals surface area (Å²) in [6.45, 7) is 0. The summed E-state index contributed by atoms with van der Waals surface area (Å²) in [5, 5.41) is 17.4. The predicted molar refractivity (Wildman–Crippen MR) is 280 cm³/mol. The molecule has 0 bridgehead atoms. The minimum absolute atomic E-state index is 0.124. The van der Waals surface area contributed by atoms with Crippen LogP contribution in [-0.4, -0.2) is 23.6 Å². The number of aromatic nitrogens is 4. The molecule has 1 aliphatic rings. The lowest BCUT2D eigenvalue weighted by Crippen LogP contribution is -1.92. The highest BCUT2D eigenvalue weighted by molar-refractivity contribution is 6.16. The second-order valence-electron chi connectivity index (χ2n) is 17.1. The van der Waals surface area contributed by atoms with Crippen LogP contribution in [0.25, 0.3) is 93.8 Å². The molecule has 0 radical (unpaired) electrons. The molecule has 0 atom stereocenters. The lowest BCUT2D eigenvalue weighted by Gasteiger charge is -2.07. The van der Waals surface area contributed by atoms with E-state index in [1.807, 2.05) is 60.8 Å². The number of aromatic amines is 1. The van der Waals surface area contributed by atoms with Gasteiger partial charge in [-0.15, -0.1) is 0 Å². The van der Waals surface area contributed by atoms with Crippen molar-refractivity contribution in [3.63, 3.8) is 0 Å². The summed E-state index contributed by atoms with van der Waals surface area (Å²) in [6.07, 6.45) is 7.37. The maximum absolute atomic E-state index is 11.2. The largest absolute Gasteiger partial charge is 0.354 e. The highest BCUT2D eigenvalue weighted by Gasteiger charge is 2.20. The summed E-state index contributed by atoms with van der Waals surface area (Å²) in [5.41, 5.74) is 16.8. The van der Waals surface area contributed by atoms with Gasteiger partial charge in [-0.1, -0.05) is 121 Å². The summed E-state index contributed by atoms with van der Waals surface area (Å²) < 4.78 is 6.62. The van der Waals surface area contributed by atoms with Gasteiger partial charge in [0, 0.05) is 74.2 Å². The topological polar surface area (TPSA) is 73.7 Å². The van der Waals surface area contributed by atoms with Crippen molar-refractivity contribution in [2.75, 3.05) is 0 Å². The number of hydrogen-bond acceptors (Lipinski definition) is 2.